The van der Waals surface area contributed by atoms with Crippen molar-refractivity contribution in [2.75, 3.05) is 14.2 Å². The van der Waals surface area contributed by atoms with Gasteiger partial charge in [-0.3, -0.25) is 4.79 Å². The van der Waals surface area contributed by atoms with Gasteiger partial charge in [0.15, 0.2) is 0 Å². The molecule has 1 aliphatic carbocycles. The van der Waals surface area contributed by atoms with Crippen LogP contribution in [0.25, 0.3) is 11.0 Å². The summed E-state index contributed by atoms with van der Waals surface area (Å²) in [5, 5.41) is 18.4. The summed E-state index contributed by atoms with van der Waals surface area (Å²) in [6.07, 6.45) is 3.38. The highest BCUT2D eigenvalue weighted by Gasteiger charge is 2.24. The van der Waals surface area contributed by atoms with Gasteiger partial charge < -0.3 is 19.5 Å². The second-order valence-electron chi connectivity index (χ2n) is 8.95. The Labute approximate surface area is 208 Å². The van der Waals surface area contributed by atoms with Crippen molar-refractivity contribution >= 4 is 34.7 Å². The number of amides is 1. The quantitative estimate of drug-likeness (QED) is 0.475. The van der Waals surface area contributed by atoms with Crippen molar-refractivity contribution in [1.29, 1.82) is 0 Å². The van der Waals surface area contributed by atoms with Crippen molar-refractivity contribution < 1.29 is 24.2 Å². The predicted octanol–water partition coefficient (Wildman–Crippen LogP) is 4.75. The van der Waals surface area contributed by atoms with Crippen LogP contribution in [0.1, 0.15) is 54.7 Å². The number of ether oxygens (including phenoxy) is 2. The molecule has 1 aliphatic rings. The van der Waals surface area contributed by atoms with E-state index in [9.17, 15) is 14.7 Å². The maximum atomic E-state index is 12.6. The third-order valence-electron chi connectivity index (χ3n) is 6.45. The molecule has 2 aromatic carbocycles. The van der Waals surface area contributed by atoms with Crippen LogP contribution in [0.2, 0.25) is 5.02 Å². The Morgan fingerprint density at radius 1 is 1.23 bits per heavy atom. The summed E-state index contributed by atoms with van der Waals surface area (Å²) in [6.45, 7) is 0.241. The van der Waals surface area contributed by atoms with Crippen LogP contribution in [0.4, 0.5) is 4.79 Å². The summed E-state index contributed by atoms with van der Waals surface area (Å²) in [6, 6.07) is 9.04. The van der Waals surface area contributed by atoms with Crippen LogP contribution >= 0.6 is 11.6 Å². The van der Waals surface area contributed by atoms with E-state index in [4.69, 9.17) is 21.1 Å². The Balaban J connectivity index is 1.64. The topological polar surface area (TPSA) is 107 Å². The number of hydrogen-bond acceptors (Lipinski definition) is 6. The molecule has 1 atom stereocenters. The summed E-state index contributed by atoms with van der Waals surface area (Å²) < 4.78 is 12.8. The molecular formula is C25H29ClN4O5. The zero-order chi connectivity index (χ0) is 25.1. The fourth-order valence-electron chi connectivity index (χ4n) is 4.63. The van der Waals surface area contributed by atoms with Gasteiger partial charge in [0.1, 0.15) is 22.9 Å². The van der Waals surface area contributed by atoms with E-state index in [1.54, 1.807) is 32.0 Å². The van der Waals surface area contributed by atoms with Gasteiger partial charge in [-0.05, 0) is 60.6 Å². The van der Waals surface area contributed by atoms with Crippen molar-refractivity contribution in [3.63, 3.8) is 0 Å². The second kappa shape index (κ2) is 10.5. The molecule has 10 heteroatoms. The maximum Gasteiger partial charge on any atom is 0.410 e. The van der Waals surface area contributed by atoms with E-state index in [0.717, 1.165) is 42.3 Å². The lowest BCUT2D eigenvalue weighted by atomic mass is 9.87. The van der Waals surface area contributed by atoms with Gasteiger partial charge in [-0.1, -0.05) is 28.9 Å². The first-order chi connectivity index (χ1) is 16.8. The van der Waals surface area contributed by atoms with Gasteiger partial charge in [0.2, 0.25) is 0 Å². The average molecular weight is 501 g/mol. The summed E-state index contributed by atoms with van der Waals surface area (Å²) in [5.41, 5.74) is 3.54. The first kappa shape index (κ1) is 24.8. The standard InChI is InChI=1S/C25H29ClN4O5/c1-29(25(33)35-18-6-4-5-7-18)14-17-10-15(8-9-20(17)26)19(13-23(31)32)16-11-21-24(22(12-16)34-3)30(2)28-27-21/h8-12,18-19H,4-7,13-14H2,1-3H3,(H,31,32). The zero-order valence-corrected chi connectivity index (χ0v) is 20.8. The average Bonchev–Trinajstić information content (AvgIpc) is 3.48. The van der Waals surface area contributed by atoms with E-state index in [1.165, 1.54) is 4.90 Å². The molecule has 0 bridgehead atoms. The molecule has 1 unspecified atom stereocenters. The van der Waals surface area contributed by atoms with Gasteiger partial charge in [0, 0.05) is 25.0 Å². The molecule has 35 heavy (non-hydrogen) atoms. The minimum Gasteiger partial charge on any atom is -0.494 e. The van der Waals surface area contributed by atoms with E-state index in [2.05, 4.69) is 10.3 Å². The van der Waals surface area contributed by atoms with Gasteiger partial charge in [0.05, 0.1) is 20.1 Å². The van der Waals surface area contributed by atoms with Crippen molar-refractivity contribution in [3.05, 3.63) is 52.0 Å². The van der Waals surface area contributed by atoms with Gasteiger partial charge in [0.25, 0.3) is 0 Å². The monoisotopic (exact) mass is 500 g/mol. The normalized spacial score (nSPS) is 14.7. The highest BCUT2D eigenvalue weighted by Crippen LogP contribution is 2.36. The predicted molar refractivity (Wildman–Crippen MR) is 131 cm³/mol. The Hall–Kier alpha value is -3.33. The second-order valence-corrected chi connectivity index (χ2v) is 9.36. The number of carboxylic acids is 1. The van der Waals surface area contributed by atoms with Crippen molar-refractivity contribution in [2.24, 2.45) is 7.05 Å². The molecular weight excluding hydrogens is 472 g/mol. The summed E-state index contributed by atoms with van der Waals surface area (Å²) in [5.74, 6) is -0.870. The molecule has 0 radical (unpaired) electrons. The van der Waals surface area contributed by atoms with E-state index in [-0.39, 0.29) is 19.1 Å². The summed E-state index contributed by atoms with van der Waals surface area (Å²) in [4.78, 5) is 25.8. The first-order valence-electron chi connectivity index (χ1n) is 11.6. The van der Waals surface area contributed by atoms with E-state index >= 15 is 0 Å². The van der Waals surface area contributed by atoms with Gasteiger partial charge >= 0.3 is 12.1 Å². The number of rotatable bonds is 8. The molecule has 0 spiro atoms. The van der Waals surface area contributed by atoms with Crippen LogP contribution in [0.5, 0.6) is 5.75 Å². The Kier molecular flexibility index (Phi) is 7.45. The molecule has 1 N–H and O–H groups in total. The Morgan fingerprint density at radius 3 is 2.66 bits per heavy atom. The van der Waals surface area contributed by atoms with Gasteiger partial charge in [-0.2, -0.15) is 0 Å². The number of hydrogen-bond donors (Lipinski definition) is 1. The van der Waals surface area contributed by atoms with Gasteiger partial charge in [-0.15, -0.1) is 5.10 Å². The van der Waals surface area contributed by atoms with Crippen LogP contribution in [0.3, 0.4) is 0 Å². The molecule has 3 aromatic rings. The lowest BCUT2D eigenvalue weighted by molar-refractivity contribution is -0.137. The highest BCUT2D eigenvalue weighted by atomic mass is 35.5. The number of carboxylic acid groups (broad SMARTS) is 1. The first-order valence-corrected chi connectivity index (χ1v) is 11.9. The fourth-order valence-corrected chi connectivity index (χ4v) is 4.80. The summed E-state index contributed by atoms with van der Waals surface area (Å²) in [7, 11) is 4.99. The van der Waals surface area contributed by atoms with Crippen LogP contribution in [-0.2, 0) is 23.1 Å². The number of benzene rings is 2. The number of fused-ring (bicyclic) bond motifs is 1. The molecule has 1 heterocycles. The van der Waals surface area contributed by atoms with Crippen LogP contribution < -0.4 is 4.74 Å². The third-order valence-corrected chi connectivity index (χ3v) is 6.82. The summed E-state index contributed by atoms with van der Waals surface area (Å²) >= 11 is 6.46. The lowest BCUT2D eigenvalue weighted by Gasteiger charge is -2.22. The van der Waals surface area contributed by atoms with Crippen molar-refractivity contribution in [1.82, 2.24) is 19.9 Å². The number of aliphatic carboxylic acids is 1. The van der Waals surface area contributed by atoms with Gasteiger partial charge in [-0.25, -0.2) is 9.48 Å². The highest BCUT2D eigenvalue weighted by molar-refractivity contribution is 6.31. The Morgan fingerprint density at radius 2 is 1.97 bits per heavy atom. The largest absolute Gasteiger partial charge is 0.494 e. The molecule has 1 amide bonds. The van der Waals surface area contributed by atoms with Crippen molar-refractivity contribution in [3.8, 4) is 5.75 Å². The zero-order valence-electron chi connectivity index (χ0n) is 20.0. The molecule has 1 saturated carbocycles. The molecule has 1 fully saturated rings. The van der Waals surface area contributed by atoms with Crippen LogP contribution in [0.15, 0.2) is 30.3 Å². The molecule has 1 aromatic heterocycles. The van der Waals surface area contributed by atoms with E-state index < -0.39 is 18.0 Å². The van der Waals surface area contributed by atoms with Crippen LogP contribution in [0, 0.1) is 0 Å². The van der Waals surface area contributed by atoms with E-state index in [0.29, 0.717) is 21.9 Å². The molecule has 9 nitrogen and oxygen atoms in total. The molecule has 0 saturated heterocycles. The van der Waals surface area contributed by atoms with E-state index in [1.807, 2.05) is 24.3 Å². The lowest BCUT2D eigenvalue weighted by Crippen LogP contribution is -2.30. The van der Waals surface area contributed by atoms with Crippen molar-refractivity contribution in [2.45, 2.75) is 50.7 Å². The SMILES string of the molecule is COc1cc(C(CC(=O)O)c2ccc(Cl)c(CN(C)C(=O)OC3CCCC3)c2)cc2nnn(C)c12. The number of aryl methyl sites for hydroxylation is 1. The maximum absolute atomic E-state index is 12.6. The Bertz CT molecular complexity index is 1240. The number of methoxy groups -OCH3 is 1. The number of halogens is 1. The number of aromatic nitrogens is 3. The number of carbonyl (C=O) groups excluding carboxylic acids is 1. The fraction of sp³-hybridized carbons (Fsp3) is 0.440. The van der Waals surface area contributed by atoms with Crippen LogP contribution in [-0.4, -0.2) is 57.3 Å². The third kappa shape index (κ3) is 5.51. The minimum absolute atomic E-state index is 0.0299. The minimum atomic E-state index is -0.943. The number of carbonyl (C=O) groups is 2. The smallest absolute Gasteiger partial charge is 0.410 e. The molecule has 0 aliphatic heterocycles. The molecule has 186 valence electrons. The molecule has 4 rings (SSSR count). The number of nitrogens with zero attached hydrogens (tertiary/aromatic N) is 4.